The van der Waals surface area contributed by atoms with Crippen LogP contribution in [0.25, 0.3) is 11.0 Å². The Bertz CT molecular complexity index is 615. The minimum atomic E-state index is -0.498. The van der Waals surface area contributed by atoms with E-state index >= 15 is 0 Å². The highest BCUT2D eigenvalue weighted by atomic mass is 32.2. The molecule has 0 fully saturated rings. The van der Waals surface area contributed by atoms with Gasteiger partial charge in [0.1, 0.15) is 11.3 Å². The predicted molar refractivity (Wildman–Crippen MR) is 75.8 cm³/mol. The molecule has 0 aliphatic rings. The number of carbonyl (C=O) groups excluding carboxylic acids is 1. The maximum absolute atomic E-state index is 11.8. The molecule has 1 heterocycles. The lowest BCUT2D eigenvalue weighted by Crippen LogP contribution is -2.04. The SMILES string of the molecule is CCOC(=O)c1oc2ccc(CSC)c(O)c2c1C. The van der Waals surface area contributed by atoms with Gasteiger partial charge in [0.25, 0.3) is 0 Å². The second-order valence-corrected chi connectivity index (χ2v) is 5.02. The number of rotatable bonds is 4. The molecule has 0 amide bonds. The van der Waals surface area contributed by atoms with Crippen LogP contribution in [0.3, 0.4) is 0 Å². The third-order valence-electron chi connectivity index (χ3n) is 2.91. The number of phenolic OH excluding ortho intramolecular Hbond substituents is 1. The quantitative estimate of drug-likeness (QED) is 0.869. The molecule has 0 spiro atoms. The second-order valence-electron chi connectivity index (χ2n) is 4.16. The molecule has 0 aliphatic heterocycles. The van der Waals surface area contributed by atoms with Crippen molar-refractivity contribution in [3.05, 3.63) is 29.0 Å². The normalized spacial score (nSPS) is 10.9. The van der Waals surface area contributed by atoms with Crippen LogP contribution in [0.4, 0.5) is 0 Å². The Morgan fingerprint density at radius 1 is 1.47 bits per heavy atom. The molecule has 0 unspecified atom stereocenters. The molecule has 5 heteroatoms. The third kappa shape index (κ3) is 2.42. The Kier molecular flexibility index (Phi) is 4.04. The van der Waals surface area contributed by atoms with E-state index in [2.05, 4.69) is 0 Å². The van der Waals surface area contributed by atoms with Gasteiger partial charge in [-0.05, 0) is 26.2 Å². The minimum Gasteiger partial charge on any atom is -0.507 e. The zero-order chi connectivity index (χ0) is 14.0. The van der Waals surface area contributed by atoms with E-state index in [0.29, 0.717) is 28.9 Å². The molecule has 1 aromatic carbocycles. The van der Waals surface area contributed by atoms with Crippen molar-refractivity contribution in [3.63, 3.8) is 0 Å². The highest BCUT2D eigenvalue weighted by Crippen LogP contribution is 2.36. The van der Waals surface area contributed by atoms with Crippen LogP contribution < -0.4 is 0 Å². The minimum absolute atomic E-state index is 0.161. The van der Waals surface area contributed by atoms with Crippen molar-refractivity contribution in [2.45, 2.75) is 19.6 Å². The number of hydrogen-bond donors (Lipinski definition) is 1. The summed E-state index contributed by atoms with van der Waals surface area (Å²) < 4.78 is 10.4. The van der Waals surface area contributed by atoms with E-state index in [0.717, 1.165) is 5.56 Å². The maximum Gasteiger partial charge on any atom is 0.374 e. The average Bonchev–Trinajstić information content (AvgIpc) is 2.71. The van der Waals surface area contributed by atoms with Crippen molar-refractivity contribution >= 4 is 28.7 Å². The van der Waals surface area contributed by atoms with Gasteiger partial charge < -0.3 is 14.3 Å². The summed E-state index contributed by atoms with van der Waals surface area (Å²) in [5.41, 5.74) is 1.95. The fourth-order valence-electron chi connectivity index (χ4n) is 2.03. The number of fused-ring (bicyclic) bond motifs is 1. The number of aryl methyl sites for hydroxylation is 1. The molecule has 0 radical (unpaired) electrons. The third-order valence-corrected chi connectivity index (χ3v) is 3.51. The molecule has 0 saturated carbocycles. The molecule has 19 heavy (non-hydrogen) atoms. The van der Waals surface area contributed by atoms with Crippen LogP contribution in [0, 0.1) is 6.92 Å². The molecule has 0 saturated heterocycles. The fraction of sp³-hybridized carbons (Fsp3) is 0.357. The van der Waals surface area contributed by atoms with Gasteiger partial charge in [0, 0.05) is 16.9 Å². The summed E-state index contributed by atoms with van der Waals surface area (Å²) in [6, 6.07) is 3.59. The van der Waals surface area contributed by atoms with Crippen molar-refractivity contribution in [2.75, 3.05) is 12.9 Å². The lowest BCUT2D eigenvalue weighted by Gasteiger charge is -2.03. The number of esters is 1. The van der Waals surface area contributed by atoms with Crippen molar-refractivity contribution in [1.29, 1.82) is 0 Å². The van der Waals surface area contributed by atoms with Gasteiger partial charge in [0.2, 0.25) is 5.76 Å². The topological polar surface area (TPSA) is 59.7 Å². The van der Waals surface area contributed by atoms with Gasteiger partial charge in [-0.3, -0.25) is 0 Å². The van der Waals surface area contributed by atoms with E-state index in [-0.39, 0.29) is 11.5 Å². The molecule has 1 aromatic heterocycles. The first-order valence-corrected chi connectivity index (χ1v) is 7.39. The standard InChI is InChI=1S/C14H16O4S/c1-4-17-14(16)13-8(2)11-10(18-13)6-5-9(7-19-3)12(11)15/h5-6,15H,4,7H2,1-3H3. The lowest BCUT2D eigenvalue weighted by molar-refractivity contribution is 0.0491. The van der Waals surface area contributed by atoms with Gasteiger partial charge in [-0.1, -0.05) is 6.07 Å². The van der Waals surface area contributed by atoms with Crippen LogP contribution in [0.1, 0.15) is 28.6 Å². The van der Waals surface area contributed by atoms with Crippen LogP contribution in [0.15, 0.2) is 16.5 Å². The van der Waals surface area contributed by atoms with Crippen LogP contribution in [0.2, 0.25) is 0 Å². The van der Waals surface area contributed by atoms with E-state index in [1.807, 2.05) is 12.3 Å². The van der Waals surface area contributed by atoms with E-state index in [1.165, 1.54) is 0 Å². The van der Waals surface area contributed by atoms with Crippen LogP contribution in [-0.4, -0.2) is 23.9 Å². The fourth-order valence-corrected chi connectivity index (χ4v) is 2.57. The summed E-state index contributed by atoms with van der Waals surface area (Å²) in [6.07, 6.45) is 1.97. The van der Waals surface area contributed by atoms with E-state index in [9.17, 15) is 9.90 Å². The summed E-state index contributed by atoms with van der Waals surface area (Å²) in [7, 11) is 0. The molecule has 0 aliphatic carbocycles. The number of aromatic hydroxyl groups is 1. The Balaban J connectivity index is 2.57. The zero-order valence-corrected chi connectivity index (χ0v) is 12.0. The Labute approximate surface area is 115 Å². The number of furan rings is 1. The molecule has 2 aromatic rings. The molecule has 1 N–H and O–H groups in total. The zero-order valence-electron chi connectivity index (χ0n) is 11.1. The molecular weight excluding hydrogens is 264 g/mol. The van der Waals surface area contributed by atoms with Crippen LogP contribution in [-0.2, 0) is 10.5 Å². The number of phenols is 1. The van der Waals surface area contributed by atoms with E-state index in [4.69, 9.17) is 9.15 Å². The first kappa shape index (κ1) is 13.8. The van der Waals surface area contributed by atoms with Crippen molar-refractivity contribution in [1.82, 2.24) is 0 Å². The van der Waals surface area contributed by atoms with Gasteiger partial charge in [0.05, 0.1) is 12.0 Å². The Morgan fingerprint density at radius 3 is 2.84 bits per heavy atom. The van der Waals surface area contributed by atoms with Crippen molar-refractivity contribution in [3.8, 4) is 5.75 Å². The summed E-state index contributed by atoms with van der Waals surface area (Å²) in [5, 5.41) is 10.9. The van der Waals surface area contributed by atoms with Gasteiger partial charge in [0.15, 0.2) is 0 Å². The number of ether oxygens (including phenoxy) is 1. The molecule has 102 valence electrons. The summed E-state index contributed by atoms with van der Waals surface area (Å²) in [5.74, 6) is 0.556. The van der Waals surface area contributed by atoms with Crippen molar-refractivity contribution < 1.29 is 19.1 Å². The number of thioether (sulfide) groups is 1. The summed E-state index contributed by atoms with van der Waals surface area (Å²) >= 11 is 1.62. The molecule has 2 rings (SSSR count). The predicted octanol–water partition coefficient (Wildman–Crippen LogP) is 3.49. The highest BCUT2D eigenvalue weighted by Gasteiger charge is 2.21. The second kappa shape index (κ2) is 5.57. The first-order chi connectivity index (χ1) is 9.10. The number of hydrogen-bond acceptors (Lipinski definition) is 5. The van der Waals surface area contributed by atoms with Gasteiger partial charge >= 0.3 is 5.97 Å². The van der Waals surface area contributed by atoms with E-state index in [1.54, 1.807) is 31.7 Å². The first-order valence-electron chi connectivity index (χ1n) is 6.00. The smallest absolute Gasteiger partial charge is 0.374 e. The number of benzene rings is 1. The summed E-state index contributed by atoms with van der Waals surface area (Å²) in [6.45, 7) is 3.78. The van der Waals surface area contributed by atoms with E-state index < -0.39 is 5.97 Å². The monoisotopic (exact) mass is 280 g/mol. The molecule has 0 atom stereocenters. The molecule has 0 bridgehead atoms. The Hall–Kier alpha value is -1.62. The van der Waals surface area contributed by atoms with Gasteiger partial charge in [-0.2, -0.15) is 11.8 Å². The van der Waals surface area contributed by atoms with Gasteiger partial charge in [-0.25, -0.2) is 4.79 Å². The number of carbonyl (C=O) groups is 1. The average molecular weight is 280 g/mol. The largest absolute Gasteiger partial charge is 0.507 e. The van der Waals surface area contributed by atoms with Gasteiger partial charge in [-0.15, -0.1) is 0 Å². The summed E-state index contributed by atoms with van der Waals surface area (Å²) in [4.78, 5) is 11.8. The van der Waals surface area contributed by atoms with Crippen LogP contribution in [0.5, 0.6) is 5.75 Å². The molecular formula is C14H16O4S. The van der Waals surface area contributed by atoms with Crippen molar-refractivity contribution in [2.24, 2.45) is 0 Å². The molecule has 4 nitrogen and oxygen atoms in total. The highest BCUT2D eigenvalue weighted by molar-refractivity contribution is 7.97. The lowest BCUT2D eigenvalue weighted by atomic mass is 10.1. The Morgan fingerprint density at radius 2 is 2.21 bits per heavy atom. The van der Waals surface area contributed by atoms with Crippen LogP contribution >= 0.6 is 11.8 Å². The maximum atomic E-state index is 11.8.